The van der Waals surface area contributed by atoms with Crippen LogP contribution < -0.4 is 5.32 Å². The molecule has 1 amide bonds. The van der Waals surface area contributed by atoms with Gasteiger partial charge in [-0.3, -0.25) is 4.79 Å². The Labute approximate surface area is 114 Å². The van der Waals surface area contributed by atoms with Gasteiger partial charge in [-0.25, -0.2) is 0 Å². The highest BCUT2D eigenvalue weighted by atomic mass is 127. The Morgan fingerprint density at radius 1 is 0.941 bits per heavy atom. The molecule has 2 aromatic carbocycles. The number of amides is 1. The lowest BCUT2D eigenvalue weighted by atomic mass is 10.0. The number of nitrogens with one attached hydrogen (secondary N) is 1. The van der Waals surface area contributed by atoms with Crippen LogP contribution >= 0.6 is 22.6 Å². The minimum absolute atomic E-state index is 0.0563. The average molecular weight is 337 g/mol. The fourth-order valence-corrected chi connectivity index (χ4v) is 1.96. The van der Waals surface area contributed by atoms with Crippen molar-refractivity contribution >= 4 is 28.5 Å². The molecule has 3 heteroatoms. The third-order valence-corrected chi connectivity index (χ3v) is 3.27. The van der Waals surface area contributed by atoms with Crippen molar-refractivity contribution in [3.63, 3.8) is 0 Å². The molecule has 0 spiro atoms. The number of carbonyl (C=O) groups excluding carboxylic acids is 1. The summed E-state index contributed by atoms with van der Waals surface area (Å²) in [4.78, 5) is 11.4. The van der Waals surface area contributed by atoms with E-state index < -0.39 is 0 Å². The van der Waals surface area contributed by atoms with Crippen LogP contribution in [0.4, 0.5) is 0 Å². The maximum atomic E-state index is 11.4. The predicted octanol–water partition coefficient (Wildman–Crippen LogP) is 3.32. The van der Waals surface area contributed by atoms with Gasteiger partial charge in [0.1, 0.15) is 0 Å². The Kier molecular flexibility index (Phi) is 3.78. The fraction of sp³-hybridized carbons (Fsp3) is 0.0714. The lowest BCUT2D eigenvalue weighted by Gasteiger charge is -2.04. The zero-order valence-corrected chi connectivity index (χ0v) is 11.6. The van der Waals surface area contributed by atoms with E-state index in [4.69, 9.17) is 0 Å². The summed E-state index contributed by atoms with van der Waals surface area (Å²) in [5.74, 6) is -0.0563. The summed E-state index contributed by atoms with van der Waals surface area (Å²) in [5, 5.41) is 2.61. The first-order chi connectivity index (χ1) is 8.20. The topological polar surface area (TPSA) is 29.1 Å². The Hall–Kier alpha value is -1.36. The second kappa shape index (κ2) is 5.31. The standard InChI is InChI=1S/C14H12INO/c1-16-14(17)12-4-2-10(3-5-12)11-6-8-13(15)9-7-11/h2-9H,1H3,(H,16,17). The molecule has 1 N–H and O–H groups in total. The van der Waals surface area contributed by atoms with Crippen molar-refractivity contribution in [2.45, 2.75) is 0 Å². The van der Waals surface area contributed by atoms with Crippen LogP contribution in [0, 0.1) is 3.57 Å². The molecule has 2 aromatic rings. The Balaban J connectivity index is 2.29. The van der Waals surface area contributed by atoms with Crippen molar-refractivity contribution in [3.8, 4) is 11.1 Å². The van der Waals surface area contributed by atoms with Crippen molar-refractivity contribution < 1.29 is 4.79 Å². The van der Waals surface area contributed by atoms with Gasteiger partial charge in [0.25, 0.3) is 5.91 Å². The van der Waals surface area contributed by atoms with Crippen LogP contribution in [0.15, 0.2) is 48.5 Å². The normalized spacial score (nSPS) is 10.0. The minimum Gasteiger partial charge on any atom is -0.355 e. The molecule has 0 fully saturated rings. The highest BCUT2D eigenvalue weighted by Gasteiger charge is 2.03. The van der Waals surface area contributed by atoms with Crippen LogP contribution in [-0.2, 0) is 0 Å². The summed E-state index contributed by atoms with van der Waals surface area (Å²) in [6, 6.07) is 15.9. The van der Waals surface area contributed by atoms with E-state index in [1.54, 1.807) is 7.05 Å². The van der Waals surface area contributed by atoms with E-state index in [9.17, 15) is 4.79 Å². The predicted molar refractivity (Wildman–Crippen MR) is 78.0 cm³/mol. The molecule has 0 aliphatic carbocycles. The van der Waals surface area contributed by atoms with E-state index in [-0.39, 0.29) is 5.91 Å². The lowest BCUT2D eigenvalue weighted by Crippen LogP contribution is -2.17. The molecule has 2 nitrogen and oxygen atoms in total. The molecule has 2 rings (SSSR count). The molecule has 17 heavy (non-hydrogen) atoms. The summed E-state index contributed by atoms with van der Waals surface area (Å²) in [6.07, 6.45) is 0. The van der Waals surface area contributed by atoms with Gasteiger partial charge in [-0.05, 0) is 58.0 Å². The molecular weight excluding hydrogens is 325 g/mol. The van der Waals surface area contributed by atoms with E-state index in [1.807, 2.05) is 24.3 Å². The molecule has 0 heterocycles. The van der Waals surface area contributed by atoms with Gasteiger partial charge in [0, 0.05) is 16.2 Å². The first-order valence-electron chi connectivity index (χ1n) is 5.29. The number of benzene rings is 2. The molecule has 0 aromatic heterocycles. The van der Waals surface area contributed by atoms with Gasteiger partial charge in [0.05, 0.1) is 0 Å². The van der Waals surface area contributed by atoms with Crippen LogP contribution in [-0.4, -0.2) is 13.0 Å². The van der Waals surface area contributed by atoms with E-state index in [1.165, 1.54) is 3.57 Å². The fourth-order valence-electron chi connectivity index (χ4n) is 1.60. The minimum atomic E-state index is -0.0563. The molecule has 0 saturated carbocycles. The van der Waals surface area contributed by atoms with Gasteiger partial charge in [-0.1, -0.05) is 24.3 Å². The molecule has 0 bridgehead atoms. The zero-order chi connectivity index (χ0) is 12.3. The summed E-state index contributed by atoms with van der Waals surface area (Å²) in [6.45, 7) is 0. The molecule has 0 saturated heterocycles. The summed E-state index contributed by atoms with van der Waals surface area (Å²) < 4.78 is 1.22. The van der Waals surface area contributed by atoms with Crippen molar-refractivity contribution in [2.75, 3.05) is 7.05 Å². The smallest absolute Gasteiger partial charge is 0.251 e. The highest BCUT2D eigenvalue weighted by Crippen LogP contribution is 2.20. The second-order valence-electron chi connectivity index (χ2n) is 3.66. The molecular formula is C14H12INO. The molecule has 0 radical (unpaired) electrons. The van der Waals surface area contributed by atoms with Crippen LogP contribution in [0.25, 0.3) is 11.1 Å². The maximum absolute atomic E-state index is 11.4. The van der Waals surface area contributed by atoms with Gasteiger partial charge in [-0.2, -0.15) is 0 Å². The monoisotopic (exact) mass is 337 g/mol. The quantitative estimate of drug-likeness (QED) is 0.837. The Bertz CT molecular complexity index is 517. The van der Waals surface area contributed by atoms with E-state index >= 15 is 0 Å². The van der Waals surface area contributed by atoms with E-state index in [2.05, 4.69) is 52.2 Å². The SMILES string of the molecule is CNC(=O)c1ccc(-c2ccc(I)cc2)cc1. The molecule has 86 valence electrons. The number of carbonyl (C=O) groups is 1. The van der Waals surface area contributed by atoms with Crippen LogP contribution in [0.3, 0.4) is 0 Å². The molecule has 0 unspecified atom stereocenters. The third kappa shape index (κ3) is 2.85. The number of hydrogen-bond acceptors (Lipinski definition) is 1. The van der Waals surface area contributed by atoms with Gasteiger partial charge < -0.3 is 5.32 Å². The Morgan fingerprint density at radius 3 is 1.88 bits per heavy atom. The number of rotatable bonds is 2. The first kappa shape index (κ1) is 12.1. The van der Waals surface area contributed by atoms with Gasteiger partial charge in [0.15, 0.2) is 0 Å². The van der Waals surface area contributed by atoms with Gasteiger partial charge in [-0.15, -0.1) is 0 Å². The molecule has 0 aliphatic rings. The third-order valence-electron chi connectivity index (χ3n) is 2.55. The van der Waals surface area contributed by atoms with Crippen molar-refractivity contribution in [1.29, 1.82) is 0 Å². The summed E-state index contributed by atoms with van der Waals surface area (Å²) >= 11 is 2.28. The zero-order valence-electron chi connectivity index (χ0n) is 9.41. The van der Waals surface area contributed by atoms with E-state index in [0.29, 0.717) is 5.56 Å². The second-order valence-corrected chi connectivity index (χ2v) is 4.91. The van der Waals surface area contributed by atoms with Crippen LogP contribution in [0.5, 0.6) is 0 Å². The Morgan fingerprint density at radius 2 is 1.41 bits per heavy atom. The average Bonchev–Trinajstić information content (AvgIpc) is 2.39. The lowest BCUT2D eigenvalue weighted by molar-refractivity contribution is 0.0963. The highest BCUT2D eigenvalue weighted by molar-refractivity contribution is 14.1. The largest absolute Gasteiger partial charge is 0.355 e. The van der Waals surface area contributed by atoms with Crippen molar-refractivity contribution in [1.82, 2.24) is 5.32 Å². The van der Waals surface area contributed by atoms with Crippen LogP contribution in [0.1, 0.15) is 10.4 Å². The maximum Gasteiger partial charge on any atom is 0.251 e. The molecule has 0 aliphatic heterocycles. The van der Waals surface area contributed by atoms with Gasteiger partial charge in [0.2, 0.25) is 0 Å². The van der Waals surface area contributed by atoms with Crippen molar-refractivity contribution in [2.24, 2.45) is 0 Å². The van der Waals surface area contributed by atoms with E-state index in [0.717, 1.165) is 11.1 Å². The van der Waals surface area contributed by atoms with Gasteiger partial charge >= 0.3 is 0 Å². The molecule has 0 atom stereocenters. The number of halogens is 1. The summed E-state index contributed by atoms with van der Waals surface area (Å²) in [7, 11) is 1.63. The van der Waals surface area contributed by atoms with Crippen LogP contribution in [0.2, 0.25) is 0 Å². The van der Waals surface area contributed by atoms with Crippen molar-refractivity contribution in [3.05, 3.63) is 57.7 Å². The number of hydrogen-bond donors (Lipinski definition) is 1. The first-order valence-corrected chi connectivity index (χ1v) is 6.36. The summed E-state index contributed by atoms with van der Waals surface area (Å²) in [5.41, 5.74) is 2.96.